The molecule has 0 atom stereocenters. The largest absolute Gasteiger partial charge is 0.480 e. The van der Waals surface area contributed by atoms with Crippen molar-refractivity contribution in [1.82, 2.24) is 16.0 Å². The van der Waals surface area contributed by atoms with E-state index in [1.165, 1.54) is 0 Å². The summed E-state index contributed by atoms with van der Waals surface area (Å²) in [6.45, 7) is 10.9. The maximum absolute atomic E-state index is 11.4. The zero-order valence-electron chi connectivity index (χ0n) is 13.2. The monoisotopic (exact) mass is 311 g/mol. The lowest BCUT2D eigenvalue weighted by Crippen LogP contribution is -2.39. The second-order valence-electron chi connectivity index (χ2n) is 5.12. The van der Waals surface area contributed by atoms with Gasteiger partial charge in [-0.25, -0.2) is 0 Å². The summed E-state index contributed by atoms with van der Waals surface area (Å²) in [5, 5.41) is 17.0. The quantitative estimate of drug-likeness (QED) is 0.408. The number of carbonyl (C=O) groups excluding carboxylic acids is 2. The first kappa shape index (κ1) is 19.9. The van der Waals surface area contributed by atoms with Crippen molar-refractivity contribution in [2.75, 3.05) is 19.6 Å². The molecule has 4 N–H and O–H groups in total. The van der Waals surface area contributed by atoms with Crippen LogP contribution in [0.2, 0.25) is 0 Å². The van der Waals surface area contributed by atoms with Gasteiger partial charge in [0.05, 0.1) is 6.54 Å². The van der Waals surface area contributed by atoms with Crippen LogP contribution in [-0.4, -0.2) is 48.6 Å². The molecule has 7 nitrogen and oxygen atoms in total. The minimum Gasteiger partial charge on any atom is -0.480 e. The van der Waals surface area contributed by atoms with Gasteiger partial charge in [0.25, 0.3) is 0 Å². The van der Waals surface area contributed by atoms with Gasteiger partial charge in [-0.05, 0) is 26.7 Å². The highest BCUT2D eigenvalue weighted by atomic mass is 16.4. The Hall–Kier alpha value is -2.15. The Kier molecular flexibility index (Phi) is 9.53. The average Bonchev–Trinajstić information content (AvgIpc) is 2.43. The van der Waals surface area contributed by atoms with E-state index in [2.05, 4.69) is 29.1 Å². The molecule has 0 aromatic heterocycles. The van der Waals surface area contributed by atoms with E-state index < -0.39 is 5.97 Å². The SMILES string of the molecule is C=C(C)C(=O)NCCC(CCNC(=O)C(=C)C)NCC(=O)O. The molecule has 0 unspecified atom stereocenters. The number of hydrogen-bond donors (Lipinski definition) is 4. The zero-order chi connectivity index (χ0) is 17.1. The molecule has 0 spiro atoms. The number of amides is 2. The van der Waals surface area contributed by atoms with Gasteiger partial charge in [-0.15, -0.1) is 0 Å². The van der Waals surface area contributed by atoms with E-state index in [0.29, 0.717) is 37.1 Å². The molecule has 0 aromatic carbocycles. The molecule has 22 heavy (non-hydrogen) atoms. The van der Waals surface area contributed by atoms with Crippen LogP contribution in [0.5, 0.6) is 0 Å². The first-order valence-electron chi connectivity index (χ1n) is 7.06. The minimum atomic E-state index is -0.957. The first-order chi connectivity index (χ1) is 10.2. The number of rotatable bonds is 11. The molecular weight excluding hydrogens is 286 g/mol. The molecule has 0 saturated heterocycles. The number of carbonyl (C=O) groups is 3. The highest BCUT2D eigenvalue weighted by Gasteiger charge is 2.11. The van der Waals surface area contributed by atoms with Crippen LogP contribution in [0.15, 0.2) is 24.3 Å². The van der Waals surface area contributed by atoms with Gasteiger partial charge < -0.3 is 21.1 Å². The molecule has 0 aliphatic carbocycles. The number of carboxylic acid groups (broad SMARTS) is 1. The van der Waals surface area contributed by atoms with Crippen LogP contribution in [0.1, 0.15) is 26.7 Å². The van der Waals surface area contributed by atoms with Gasteiger partial charge >= 0.3 is 5.97 Å². The van der Waals surface area contributed by atoms with Crippen molar-refractivity contribution in [3.8, 4) is 0 Å². The summed E-state index contributed by atoms with van der Waals surface area (Å²) in [5.74, 6) is -1.41. The molecule has 0 radical (unpaired) electrons. The summed E-state index contributed by atoms with van der Waals surface area (Å²) in [6, 6.07) is -0.132. The Balaban J connectivity index is 4.22. The van der Waals surface area contributed by atoms with Gasteiger partial charge in [-0.3, -0.25) is 14.4 Å². The van der Waals surface area contributed by atoms with Gasteiger partial charge in [-0.2, -0.15) is 0 Å². The summed E-state index contributed by atoms with van der Waals surface area (Å²) in [7, 11) is 0. The van der Waals surface area contributed by atoms with Crippen LogP contribution < -0.4 is 16.0 Å². The maximum Gasteiger partial charge on any atom is 0.317 e. The molecular formula is C15H25N3O4. The second-order valence-corrected chi connectivity index (χ2v) is 5.12. The molecule has 2 amide bonds. The average molecular weight is 311 g/mol. The van der Waals surface area contributed by atoms with E-state index in [-0.39, 0.29) is 24.4 Å². The van der Waals surface area contributed by atoms with Crippen LogP contribution in [-0.2, 0) is 14.4 Å². The van der Waals surface area contributed by atoms with E-state index in [1.807, 2.05) is 0 Å². The number of carboxylic acids is 1. The predicted molar refractivity (Wildman–Crippen MR) is 84.3 cm³/mol. The van der Waals surface area contributed by atoms with Crippen molar-refractivity contribution in [2.24, 2.45) is 0 Å². The third-order valence-corrected chi connectivity index (χ3v) is 2.87. The topological polar surface area (TPSA) is 108 Å². The van der Waals surface area contributed by atoms with Gasteiger partial charge in [0.2, 0.25) is 11.8 Å². The fourth-order valence-electron chi connectivity index (χ4n) is 1.60. The molecule has 0 rings (SSSR count). The Morgan fingerprint density at radius 2 is 1.36 bits per heavy atom. The minimum absolute atomic E-state index is 0.132. The van der Waals surface area contributed by atoms with Crippen LogP contribution >= 0.6 is 0 Å². The Morgan fingerprint density at radius 3 is 1.68 bits per heavy atom. The van der Waals surface area contributed by atoms with E-state index in [4.69, 9.17) is 5.11 Å². The molecule has 7 heteroatoms. The molecule has 0 heterocycles. The number of nitrogens with one attached hydrogen (secondary N) is 3. The van der Waals surface area contributed by atoms with Gasteiger partial charge in [0.15, 0.2) is 0 Å². The zero-order valence-corrected chi connectivity index (χ0v) is 13.2. The number of aliphatic carboxylic acids is 1. The van der Waals surface area contributed by atoms with Crippen LogP contribution in [0.25, 0.3) is 0 Å². The van der Waals surface area contributed by atoms with E-state index in [9.17, 15) is 14.4 Å². The lowest BCUT2D eigenvalue weighted by molar-refractivity contribution is -0.136. The van der Waals surface area contributed by atoms with Crippen molar-refractivity contribution in [3.05, 3.63) is 24.3 Å². The Morgan fingerprint density at radius 1 is 0.955 bits per heavy atom. The standard InChI is InChI=1S/C15H25N3O4/c1-10(2)14(21)16-7-5-12(18-9-13(19)20)6-8-17-15(22)11(3)4/h12,18H,1,3,5-9H2,2,4H3,(H,16,21)(H,17,22)(H,19,20). The maximum atomic E-state index is 11.4. The molecule has 0 aliphatic rings. The highest BCUT2D eigenvalue weighted by molar-refractivity contribution is 5.92. The predicted octanol–water partition coefficient (Wildman–Crippen LogP) is 0.194. The van der Waals surface area contributed by atoms with Gasteiger partial charge in [-0.1, -0.05) is 13.2 Å². The van der Waals surface area contributed by atoms with Crippen LogP contribution in [0, 0.1) is 0 Å². The fourth-order valence-corrected chi connectivity index (χ4v) is 1.60. The third-order valence-electron chi connectivity index (χ3n) is 2.87. The van der Waals surface area contributed by atoms with Crippen LogP contribution in [0.3, 0.4) is 0 Å². The summed E-state index contributed by atoms with van der Waals surface area (Å²) in [4.78, 5) is 33.4. The van der Waals surface area contributed by atoms with E-state index >= 15 is 0 Å². The summed E-state index contributed by atoms with van der Waals surface area (Å²) in [5.41, 5.74) is 0.840. The molecule has 0 aliphatic heterocycles. The van der Waals surface area contributed by atoms with Crippen molar-refractivity contribution >= 4 is 17.8 Å². The Labute approximate surface area is 130 Å². The molecule has 0 fully saturated rings. The van der Waals surface area contributed by atoms with E-state index in [1.54, 1.807) is 13.8 Å². The Bertz CT molecular complexity index is 414. The lowest BCUT2D eigenvalue weighted by atomic mass is 10.1. The van der Waals surface area contributed by atoms with Crippen molar-refractivity contribution in [1.29, 1.82) is 0 Å². The van der Waals surface area contributed by atoms with Crippen molar-refractivity contribution < 1.29 is 19.5 Å². The molecule has 0 saturated carbocycles. The normalized spacial score (nSPS) is 10.1. The van der Waals surface area contributed by atoms with Crippen molar-refractivity contribution in [2.45, 2.75) is 32.7 Å². The molecule has 0 bridgehead atoms. The van der Waals surface area contributed by atoms with E-state index in [0.717, 1.165) is 0 Å². The summed E-state index contributed by atoms with van der Waals surface area (Å²) < 4.78 is 0. The molecule has 124 valence electrons. The van der Waals surface area contributed by atoms with Gasteiger partial charge in [0, 0.05) is 30.3 Å². The highest BCUT2D eigenvalue weighted by Crippen LogP contribution is 1.98. The van der Waals surface area contributed by atoms with Gasteiger partial charge in [0.1, 0.15) is 0 Å². The second kappa shape index (κ2) is 10.6. The summed E-state index contributed by atoms with van der Waals surface area (Å²) >= 11 is 0. The lowest BCUT2D eigenvalue weighted by Gasteiger charge is -2.18. The van der Waals surface area contributed by atoms with Crippen LogP contribution in [0.4, 0.5) is 0 Å². The molecule has 0 aromatic rings. The fraction of sp³-hybridized carbons (Fsp3) is 0.533. The smallest absolute Gasteiger partial charge is 0.317 e. The first-order valence-corrected chi connectivity index (χ1v) is 7.06. The number of hydrogen-bond acceptors (Lipinski definition) is 4. The van der Waals surface area contributed by atoms with Crippen molar-refractivity contribution in [3.63, 3.8) is 0 Å². The summed E-state index contributed by atoms with van der Waals surface area (Å²) in [6.07, 6.45) is 1.10. The third kappa shape index (κ3) is 9.71.